The number of aromatic nitrogens is 2. The third-order valence-corrected chi connectivity index (χ3v) is 4.07. The van der Waals surface area contributed by atoms with E-state index in [-0.39, 0.29) is 5.82 Å². The SMILES string of the molecule is CCn1c(CCOC2CCNCC2)nc2cc(F)ccc21. The molecule has 1 fully saturated rings. The molecule has 1 aliphatic rings. The van der Waals surface area contributed by atoms with E-state index >= 15 is 0 Å². The Balaban J connectivity index is 1.68. The highest BCUT2D eigenvalue weighted by Gasteiger charge is 2.14. The van der Waals surface area contributed by atoms with E-state index in [9.17, 15) is 4.39 Å². The lowest BCUT2D eigenvalue weighted by Gasteiger charge is -2.22. The number of rotatable bonds is 5. The Morgan fingerprint density at radius 2 is 2.19 bits per heavy atom. The molecule has 1 N–H and O–H groups in total. The maximum Gasteiger partial charge on any atom is 0.125 e. The van der Waals surface area contributed by atoms with E-state index in [0.29, 0.717) is 12.7 Å². The molecule has 0 bridgehead atoms. The zero-order valence-electron chi connectivity index (χ0n) is 12.4. The van der Waals surface area contributed by atoms with E-state index in [1.807, 2.05) is 0 Å². The van der Waals surface area contributed by atoms with Crippen molar-refractivity contribution in [2.24, 2.45) is 0 Å². The third kappa shape index (κ3) is 3.24. The Morgan fingerprint density at radius 3 is 2.95 bits per heavy atom. The number of halogens is 1. The summed E-state index contributed by atoms with van der Waals surface area (Å²) in [5.41, 5.74) is 1.73. The first-order chi connectivity index (χ1) is 10.3. The topological polar surface area (TPSA) is 39.1 Å². The molecule has 5 heteroatoms. The maximum absolute atomic E-state index is 13.3. The van der Waals surface area contributed by atoms with Crippen LogP contribution in [-0.2, 0) is 17.7 Å². The van der Waals surface area contributed by atoms with Crippen molar-refractivity contribution in [1.82, 2.24) is 14.9 Å². The summed E-state index contributed by atoms with van der Waals surface area (Å²) in [6.07, 6.45) is 3.29. The van der Waals surface area contributed by atoms with E-state index in [1.165, 1.54) is 12.1 Å². The molecular formula is C16H22FN3O. The fourth-order valence-electron chi connectivity index (χ4n) is 2.98. The zero-order valence-corrected chi connectivity index (χ0v) is 12.4. The average Bonchev–Trinajstić information content (AvgIpc) is 2.84. The number of piperidine rings is 1. The Kier molecular flexibility index (Phi) is 4.51. The molecule has 1 aromatic carbocycles. The predicted octanol–water partition coefficient (Wildman–Crippen LogP) is 2.51. The van der Waals surface area contributed by atoms with Gasteiger partial charge in [0.05, 0.1) is 23.7 Å². The average molecular weight is 291 g/mol. The third-order valence-electron chi connectivity index (χ3n) is 4.07. The second-order valence-corrected chi connectivity index (χ2v) is 5.48. The van der Waals surface area contributed by atoms with Gasteiger partial charge in [-0.1, -0.05) is 0 Å². The van der Waals surface area contributed by atoms with Gasteiger partial charge in [0, 0.05) is 19.0 Å². The van der Waals surface area contributed by atoms with Gasteiger partial charge in [-0.15, -0.1) is 0 Å². The number of benzene rings is 1. The lowest BCUT2D eigenvalue weighted by atomic mass is 10.1. The van der Waals surface area contributed by atoms with Crippen molar-refractivity contribution in [1.29, 1.82) is 0 Å². The van der Waals surface area contributed by atoms with Crippen LogP contribution in [-0.4, -0.2) is 35.4 Å². The van der Waals surface area contributed by atoms with Crippen molar-refractivity contribution in [3.8, 4) is 0 Å². The van der Waals surface area contributed by atoms with Gasteiger partial charge in [-0.3, -0.25) is 0 Å². The highest BCUT2D eigenvalue weighted by Crippen LogP contribution is 2.18. The molecule has 0 aliphatic carbocycles. The van der Waals surface area contributed by atoms with Crippen LogP contribution in [0.5, 0.6) is 0 Å². The molecule has 21 heavy (non-hydrogen) atoms. The van der Waals surface area contributed by atoms with Crippen LogP contribution >= 0.6 is 0 Å². The number of aryl methyl sites for hydroxylation is 1. The fourth-order valence-corrected chi connectivity index (χ4v) is 2.98. The number of fused-ring (bicyclic) bond motifs is 1. The van der Waals surface area contributed by atoms with Crippen molar-refractivity contribution in [2.75, 3.05) is 19.7 Å². The Hall–Kier alpha value is -1.46. The van der Waals surface area contributed by atoms with Crippen LogP contribution in [0.1, 0.15) is 25.6 Å². The fraction of sp³-hybridized carbons (Fsp3) is 0.562. The zero-order chi connectivity index (χ0) is 14.7. The molecule has 1 aliphatic heterocycles. The first kappa shape index (κ1) is 14.5. The molecular weight excluding hydrogens is 269 g/mol. The van der Waals surface area contributed by atoms with Gasteiger partial charge in [-0.05, 0) is 45.0 Å². The van der Waals surface area contributed by atoms with Crippen LogP contribution in [0.3, 0.4) is 0 Å². The van der Waals surface area contributed by atoms with Gasteiger partial charge in [0.1, 0.15) is 11.6 Å². The van der Waals surface area contributed by atoms with Gasteiger partial charge in [0.2, 0.25) is 0 Å². The first-order valence-electron chi connectivity index (χ1n) is 7.75. The van der Waals surface area contributed by atoms with E-state index in [0.717, 1.165) is 55.8 Å². The van der Waals surface area contributed by atoms with Crippen LogP contribution in [0.15, 0.2) is 18.2 Å². The van der Waals surface area contributed by atoms with Crippen LogP contribution < -0.4 is 5.32 Å². The summed E-state index contributed by atoms with van der Waals surface area (Å²) in [7, 11) is 0. The number of ether oxygens (including phenoxy) is 1. The van der Waals surface area contributed by atoms with Gasteiger partial charge in [-0.2, -0.15) is 0 Å². The lowest BCUT2D eigenvalue weighted by Crippen LogP contribution is -2.32. The maximum atomic E-state index is 13.3. The molecule has 114 valence electrons. The van der Waals surface area contributed by atoms with Gasteiger partial charge in [0.15, 0.2) is 0 Å². The van der Waals surface area contributed by atoms with E-state index in [2.05, 4.69) is 21.8 Å². The van der Waals surface area contributed by atoms with Gasteiger partial charge >= 0.3 is 0 Å². The lowest BCUT2D eigenvalue weighted by molar-refractivity contribution is 0.0340. The van der Waals surface area contributed by atoms with Crippen LogP contribution in [0.4, 0.5) is 4.39 Å². The van der Waals surface area contributed by atoms with Crippen molar-refractivity contribution in [3.05, 3.63) is 29.8 Å². The summed E-state index contributed by atoms with van der Waals surface area (Å²) in [5, 5.41) is 3.33. The quantitative estimate of drug-likeness (QED) is 0.920. The number of nitrogens with zero attached hydrogens (tertiary/aromatic N) is 2. The van der Waals surface area contributed by atoms with E-state index in [1.54, 1.807) is 6.07 Å². The molecule has 2 heterocycles. The highest BCUT2D eigenvalue weighted by molar-refractivity contribution is 5.76. The molecule has 0 amide bonds. The molecule has 0 unspecified atom stereocenters. The monoisotopic (exact) mass is 291 g/mol. The summed E-state index contributed by atoms with van der Waals surface area (Å²) in [6, 6.07) is 4.79. The summed E-state index contributed by atoms with van der Waals surface area (Å²) >= 11 is 0. The standard InChI is InChI=1S/C16H22FN3O/c1-2-20-15-4-3-12(17)11-14(15)19-16(20)7-10-21-13-5-8-18-9-6-13/h3-4,11,13,18H,2,5-10H2,1H3. The van der Waals surface area contributed by atoms with Crippen molar-refractivity contribution in [3.63, 3.8) is 0 Å². The minimum absolute atomic E-state index is 0.235. The Bertz CT molecular complexity index is 605. The van der Waals surface area contributed by atoms with Crippen molar-refractivity contribution >= 4 is 11.0 Å². The second kappa shape index (κ2) is 6.54. The molecule has 0 spiro atoms. The highest BCUT2D eigenvalue weighted by atomic mass is 19.1. The molecule has 2 aromatic rings. The molecule has 0 saturated carbocycles. The van der Waals surface area contributed by atoms with Gasteiger partial charge in [-0.25, -0.2) is 9.37 Å². The van der Waals surface area contributed by atoms with Crippen LogP contribution in [0.25, 0.3) is 11.0 Å². The second-order valence-electron chi connectivity index (χ2n) is 5.48. The Labute approximate surface area is 124 Å². The molecule has 0 radical (unpaired) electrons. The van der Waals surface area contributed by atoms with Crippen LogP contribution in [0.2, 0.25) is 0 Å². The summed E-state index contributed by atoms with van der Waals surface area (Å²) in [5.74, 6) is 0.743. The van der Waals surface area contributed by atoms with Crippen molar-refractivity contribution < 1.29 is 9.13 Å². The summed E-state index contributed by atoms with van der Waals surface area (Å²) < 4.78 is 21.4. The summed E-state index contributed by atoms with van der Waals surface area (Å²) in [4.78, 5) is 4.56. The van der Waals surface area contributed by atoms with Crippen molar-refractivity contribution in [2.45, 2.75) is 38.8 Å². The van der Waals surface area contributed by atoms with E-state index in [4.69, 9.17) is 4.74 Å². The van der Waals surface area contributed by atoms with E-state index < -0.39 is 0 Å². The largest absolute Gasteiger partial charge is 0.378 e. The number of imidazole rings is 1. The number of nitrogens with one attached hydrogen (secondary N) is 1. The predicted molar refractivity (Wildman–Crippen MR) is 80.9 cm³/mol. The normalized spacial score (nSPS) is 16.7. The molecule has 3 rings (SSSR count). The molecule has 0 atom stereocenters. The molecule has 4 nitrogen and oxygen atoms in total. The molecule has 1 aromatic heterocycles. The summed E-state index contributed by atoms with van der Waals surface area (Å²) in [6.45, 7) is 5.68. The Morgan fingerprint density at radius 1 is 1.38 bits per heavy atom. The van der Waals surface area contributed by atoms with Gasteiger partial charge < -0.3 is 14.6 Å². The minimum atomic E-state index is -0.235. The van der Waals surface area contributed by atoms with Gasteiger partial charge in [0.25, 0.3) is 0 Å². The number of hydrogen-bond donors (Lipinski definition) is 1. The van der Waals surface area contributed by atoms with Crippen LogP contribution in [0, 0.1) is 5.82 Å². The number of hydrogen-bond acceptors (Lipinski definition) is 3. The smallest absolute Gasteiger partial charge is 0.125 e. The first-order valence-corrected chi connectivity index (χ1v) is 7.75. The molecule has 1 saturated heterocycles. The minimum Gasteiger partial charge on any atom is -0.378 e.